The molecule has 0 bridgehead atoms. The van der Waals surface area contributed by atoms with Gasteiger partial charge in [0, 0.05) is 11.6 Å². The third-order valence-corrected chi connectivity index (χ3v) is 4.16. The highest BCUT2D eigenvalue weighted by molar-refractivity contribution is 5.91. The van der Waals surface area contributed by atoms with Crippen molar-refractivity contribution in [2.24, 2.45) is 17.3 Å². The first-order chi connectivity index (χ1) is 9.66. The van der Waals surface area contributed by atoms with Crippen molar-refractivity contribution in [1.29, 1.82) is 0 Å². The van der Waals surface area contributed by atoms with Crippen molar-refractivity contribution < 1.29 is 23.5 Å². The lowest BCUT2D eigenvalue weighted by Gasteiger charge is -2.15. The van der Waals surface area contributed by atoms with E-state index in [-0.39, 0.29) is 5.56 Å². The summed E-state index contributed by atoms with van der Waals surface area (Å²) in [6, 6.07) is 2.47. The van der Waals surface area contributed by atoms with Crippen molar-refractivity contribution in [3.63, 3.8) is 0 Å². The van der Waals surface area contributed by atoms with Crippen LogP contribution in [0.15, 0.2) is 18.2 Å². The summed E-state index contributed by atoms with van der Waals surface area (Å²) in [6.45, 7) is 4.98. The lowest BCUT2D eigenvalue weighted by molar-refractivity contribution is -0.140. The Morgan fingerprint density at radius 2 is 1.90 bits per heavy atom. The number of benzene rings is 1. The van der Waals surface area contributed by atoms with Crippen molar-refractivity contribution in [3.05, 3.63) is 35.4 Å². The predicted molar refractivity (Wildman–Crippen MR) is 71.3 cm³/mol. The first-order valence-electron chi connectivity index (χ1n) is 6.64. The van der Waals surface area contributed by atoms with E-state index in [9.17, 15) is 18.4 Å². The summed E-state index contributed by atoms with van der Waals surface area (Å²) in [5.41, 5.74) is -0.452. The fourth-order valence-electron chi connectivity index (χ4n) is 2.82. The molecule has 2 N–H and O–H groups in total. The number of carbonyl (C=O) groups is 2. The number of carbonyl (C=O) groups excluding carboxylic acids is 1. The minimum atomic E-state index is -1.01. The maximum atomic E-state index is 13.6. The van der Waals surface area contributed by atoms with E-state index in [1.54, 1.807) is 20.8 Å². The summed E-state index contributed by atoms with van der Waals surface area (Å²) in [7, 11) is 0. The topological polar surface area (TPSA) is 66.4 Å². The van der Waals surface area contributed by atoms with Crippen LogP contribution in [-0.4, -0.2) is 17.0 Å². The molecule has 0 heterocycles. The van der Waals surface area contributed by atoms with Gasteiger partial charge in [0.1, 0.15) is 11.6 Å². The molecule has 4 nitrogen and oxygen atoms in total. The van der Waals surface area contributed by atoms with Crippen LogP contribution in [0.2, 0.25) is 0 Å². The smallest absolute Gasteiger partial charge is 0.307 e. The van der Waals surface area contributed by atoms with Gasteiger partial charge in [-0.1, -0.05) is 19.9 Å². The number of hydrogen-bond donors (Lipinski definition) is 2. The Hall–Kier alpha value is -1.98. The second-order valence-corrected chi connectivity index (χ2v) is 6.01. The number of carboxylic acids is 1. The predicted octanol–water partition coefficient (Wildman–Crippen LogP) is 2.50. The minimum absolute atomic E-state index is 0.162. The average Bonchev–Trinajstić information content (AvgIpc) is 2.92. The highest BCUT2D eigenvalue weighted by Gasteiger charge is 2.65. The number of aliphatic carboxylic acids is 1. The molecule has 1 saturated carbocycles. The molecular formula is C15H17F2NO3. The zero-order chi connectivity index (χ0) is 15.9. The summed E-state index contributed by atoms with van der Waals surface area (Å²) >= 11 is 0. The van der Waals surface area contributed by atoms with E-state index in [1.807, 2.05) is 0 Å². The quantitative estimate of drug-likeness (QED) is 0.897. The van der Waals surface area contributed by atoms with E-state index in [0.29, 0.717) is 0 Å². The molecule has 1 amide bonds. The Kier molecular flexibility index (Phi) is 3.74. The Labute approximate surface area is 121 Å². The molecule has 1 aromatic rings. The normalized spacial score (nSPS) is 24.2. The van der Waals surface area contributed by atoms with E-state index >= 15 is 0 Å². The summed E-state index contributed by atoms with van der Waals surface area (Å²) in [4.78, 5) is 23.2. The van der Waals surface area contributed by atoms with E-state index in [1.165, 1.54) is 6.07 Å². The molecule has 1 unspecified atom stereocenters. The van der Waals surface area contributed by atoms with Gasteiger partial charge in [0.2, 0.25) is 5.91 Å². The van der Waals surface area contributed by atoms with Crippen LogP contribution in [0.1, 0.15) is 32.4 Å². The first kappa shape index (κ1) is 15.4. The molecule has 1 aromatic carbocycles. The number of carboxylic acid groups (broad SMARTS) is 1. The SMILES string of the molecule is CC(NC(=O)[C@H]1[C@@H](C(=O)O)C1(C)C)c1ccc(F)cc1F. The van der Waals surface area contributed by atoms with Crippen LogP contribution < -0.4 is 5.32 Å². The van der Waals surface area contributed by atoms with Crippen LogP contribution in [0.3, 0.4) is 0 Å². The monoisotopic (exact) mass is 297 g/mol. The van der Waals surface area contributed by atoms with Crippen LogP contribution in [0.25, 0.3) is 0 Å². The highest BCUT2D eigenvalue weighted by atomic mass is 19.1. The van der Waals surface area contributed by atoms with Crippen molar-refractivity contribution >= 4 is 11.9 Å². The van der Waals surface area contributed by atoms with Crippen LogP contribution in [0.5, 0.6) is 0 Å². The molecule has 0 radical (unpaired) electrons. The molecule has 0 aliphatic heterocycles. The van der Waals surface area contributed by atoms with Gasteiger partial charge in [-0.3, -0.25) is 9.59 Å². The number of nitrogens with one attached hydrogen (secondary N) is 1. The fraction of sp³-hybridized carbons (Fsp3) is 0.467. The molecule has 0 spiro atoms. The lowest BCUT2D eigenvalue weighted by atomic mass is 10.1. The number of rotatable bonds is 4. The Balaban J connectivity index is 2.08. The molecule has 3 atom stereocenters. The summed E-state index contributed by atoms with van der Waals surface area (Å²) in [5.74, 6) is -4.25. The fourth-order valence-corrected chi connectivity index (χ4v) is 2.82. The maximum Gasteiger partial charge on any atom is 0.307 e. The van der Waals surface area contributed by atoms with Crippen LogP contribution >= 0.6 is 0 Å². The van der Waals surface area contributed by atoms with Gasteiger partial charge in [-0.15, -0.1) is 0 Å². The third kappa shape index (κ3) is 2.75. The number of halogens is 2. The van der Waals surface area contributed by atoms with Gasteiger partial charge >= 0.3 is 5.97 Å². The summed E-state index contributed by atoms with van der Waals surface area (Å²) in [5, 5.41) is 11.6. The minimum Gasteiger partial charge on any atom is -0.481 e. The van der Waals surface area contributed by atoms with Crippen molar-refractivity contribution in [2.45, 2.75) is 26.8 Å². The summed E-state index contributed by atoms with van der Waals surface area (Å²) in [6.07, 6.45) is 0. The van der Waals surface area contributed by atoms with E-state index in [4.69, 9.17) is 5.11 Å². The van der Waals surface area contributed by atoms with E-state index in [2.05, 4.69) is 5.32 Å². The molecule has 2 rings (SSSR count). The van der Waals surface area contributed by atoms with E-state index < -0.39 is 46.8 Å². The second kappa shape index (κ2) is 5.09. The molecule has 1 aliphatic rings. The molecular weight excluding hydrogens is 280 g/mol. The molecule has 0 aromatic heterocycles. The van der Waals surface area contributed by atoms with Crippen LogP contribution in [0, 0.1) is 28.9 Å². The zero-order valence-corrected chi connectivity index (χ0v) is 12.0. The lowest BCUT2D eigenvalue weighted by Crippen LogP contribution is -2.30. The molecule has 114 valence electrons. The van der Waals surface area contributed by atoms with Gasteiger partial charge in [0.15, 0.2) is 0 Å². The zero-order valence-electron chi connectivity index (χ0n) is 12.0. The Morgan fingerprint density at radius 1 is 1.29 bits per heavy atom. The van der Waals surface area contributed by atoms with Gasteiger partial charge in [0.05, 0.1) is 17.9 Å². The average molecular weight is 297 g/mol. The van der Waals surface area contributed by atoms with Crippen LogP contribution in [0.4, 0.5) is 8.78 Å². The Morgan fingerprint density at radius 3 is 2.38 bits per heavy atom. The molecule has 6 heteroatoms. The standard InChI is InChI=1S/C15H17F2NO3/c1-7(9-5-4-8(16)6-10(9)17)18-13(19)11-12(14(20)21)15(11,2)3/h4-7,11-12H,1-3H3,(H,18,19)(H,20,21)/t7?,11-,12+/m1/s1. The highest BCUT2D eigenvalue weighted by Crippen LogP contribution is 2.58. The van der Waals surface area contributed by atoms with Gasteiger partial charge in [-0.2, -0.15) is 0 Å². The summed E-state index contributed by atoms with van der Waals surface area (Å²) < 4.78 is 26.5. The van der Waals surface area contributed by atoms with Crippen molar-refractivity contribution in [3.8, 4) is 0 Å². The second-order valence-electron chi connectivity index (χ2n) is 6.01. The van der Waals surface area contributed by atoms with Gasteiger partial charge in [-0.05, 0) is 18.4 Å². The van der Waals surface area contributed by atoms with Crippen LogP contribution in [-0.2, 0) is 9.59 Å². The molecule has 1 fully saturated rings. The maximum absolute atomic E-state index is 13.6. The van der Waals surface area contributed by atoms with Crippen molar-refractivity contribution in [1.82, 2.24) is 5.32 Å². The third-order valence-electron chi connectivity index (χ3n) is 4.16. The number of amides is 1. The molecule has 1 aliphatic carbocycles. The van der Waals surface area contributed by atoms with E-state index in [0.717, 1.165) is 12.1 Å². The van der Waals surface area contributed by atoms with Gasteiger partial charge < -0.3 is 10.4 Å². The van der Waals surface area contributed by atoms with Gasteiger partial charge in [-0.25, -0.2) is 8.78 Å². The molecule has 21 heavy (non-hydrogen) atoms. The van der Waals surface area contributed by atoms with Gasteiger partial charge in [0.25, 0.3) is 0 Å². The first-order valence-corrected chi connectivity index (χ1v) is 6.64. The van der Waals surface area contributed by atoms with Crippen molar-refractivity contribution in [2.75, 3.05) is 0 Å². The number of hydrogen-bond acceptors (Lipinski definition) is 2. The Bertz CT molecular complexity index is 601. The molecule has 0 saturated heterocycles. The largest absolute Gasteiger partial charge is 0.481 e.